The molecule has 0 aliphatic rings. The quantitative estimate of drug-likeness (QED) is 0.559. The lowest BCUT2D eigenvalue weighted by Crippen LogP contribution is -1.91. The molecule has 0 aromatic carbocycles. The van der Waals surface area contributed by atoms with Gasteiger partial charge >= 0.3 is 0 Å². The minimum atomic E-state index is 0.188. The molecule has 0 bridgehead atoms. The van der Waals surface area contributed by atoms with Crippen molar-refractivity contribution in [3.8, 4) is 0 Å². The summed E-state index contributed by atoms with van der Waals surface area (Å²) in [6, 6.07) is 0. The normalized spacial score (nSPS) is 10.1. The Morgan fingerprint density at radius 2 is 2.30 bits per heavy atom. The fraction of sp³-hybridized carbons (Fsp3) is 0.600. The van der Waals surface area contributed by atoms with Crippen LogP contribution < -0.4 is 0 Å². The number of aliphatic hydroxyl groups is 1. The van der Waals surface area contributed by atoms with Gasteiger partial charge in [-0.1, -0.05) is 0 Å². The fourth-order valence-electron chi connectivity index (χ4n) is 0.669. The molecule has 0 saturated heterocycles. The standard InChI is InChI=1S/C5H9N3OS/c9-3-1-2-4-6-5(10)8-7-4/h9H,1-3H2,(H2,6,7,8,10). The number of aromatic nitrogens is 3. The number of nitrogens with one attached hydrogen (secondary N) is 2. The van der Waals surface area contributed by atoms with Crippen molar-refractivity contribution in [1.29, 1.82) is 0 Å². The Hall–Kier alpha value is -0.680. The van der Waals surface area contributed by atoms with Crippen LogP contribution in [0.25, 0.3) is 0 Å². The van der Waals surface area contributed by atoms with E-state index in [9.17, 15) is 0 Å². The molecule has 3 N–H and O–H groups in total. The van der Waals surface area contributed by atoms with Gasteiger partial charge in [-0.3, -0.25) is 10.2 Å². The number of nitrogens with zero attached hydrogens (tertiary/aromatic N) is 1. The van der Waals surface area contributed by atoms with Crippen LogP contribution in [0.2, 0.25) is 0 Å². The highest BCUT2D eigenvalue weighted by Crippen LogP contribution is 1.92. The molecule has 1 aromatic heterocycles. The molecule has 0 spiro atoms. The number of aliphatic hydroxyl groups excluding tert-OH is 1. The van der Waals surface area contributed by atoms with Crippen molar-refractivity contribution < 1.29 is 5.11 Å². The Labute approximate surface area is 63.3 Å². The number of aryl methyl sites for hydroxylation is 1. The lowest BCUT2D eigenvalue weighted by Gasteiger charge is -1.89. The molecule has 1 rings (SSSR count). The first kappa shape index (κ1) is 7.43. The molecular formula is C5H9N3OS. The van der Waals surface area contributed by atoms with Crippen molar-refractivity contribution in [2.24, 2.45) is 0 Å². The first-order valence-corrected chi connectivity index (χ1v) is 3.48. The van der Waals surface area contributed by atoms with E-state index in [4.69, 9.17) is 17.3 Å². The van der Waals surface area contributed by atoms with E-state index in [0.29, 0.717) is 4.77 Å². The Bertz CT molecular complexity index is 241. The van der Waals surface area contributed by atoms with Crippen molar-refractivity contribution in [3.63, 3.8) is 0 Å². The molecule has 1 heterocycles. The number of H-pyrrole nitrogens is 2. The summed E-state index contributed by atoms with van der Waals surface area (Å²) < 4.78 is 0.466. The second-order valence-corrected chi connectivity index (χ2v) is 2.33. The summed E-state index contributed by atoms with van der Waals surface area (Å²) in [5.74, 6) is 0.805. The van der Waals surface area contributed by atoms with Gasteiger partial charge in [-0.05, 0) is 18.6 Å². The van der Waals surface area contributed by atoms with Gasteiger partial charge in [-0.25, -0.2) is 4.98 Å². The van der Waals surface area contributed by atoms with Gasteiger partial charge in [-0.2, -0.15) is 0 Å². The van der Waals surface area contributed by atoms with Gasteiger partial charge in [0.05, 0.1) is 0 Å². The molecule has 0 radical (unpaired) electrons. The SMILES string of the molecule is OCCCc1nc(=S)[nH][nH]1. The lowest BCUT2D eigenvalue weighted by molar-refractivity contribution is 0.287. The Balaban J connectivity index is 2.50. The van der Waals surface area contributed by atoms with E-state index in [1.54, 1.807) is 0 Å². The van der Waals surface area contributed by atoms with Gasteiger partial charge in [0.2, 0.25) is 4.77 Å². The molecule has 0 unspecified atom stereocenters. The monoisotopic (exact) mass is 159 g/mol. The maximum absolute atomic E-state index is 8.46. The Kier molecular flexibility index (Phi) is 2.58. The molecule has 0 saturated carbocycles. The minimum Gasteiger partial charge on any atom is -0.396 e. The molecule has 56 valence electrons. The van der Waals surface area contributed by atoms with Gasteiger partial charge in [0.1, 0.15) is 5.82 Å². The topological polar surface area (TPSA) is 64.7 Å². The van der Waals surface area contributed by atoms with Crippen LogP contribution in [-0.4, -0.2) is 26.9 Å². The minimum absolute atomic E-state index is 0.188. The van der Waals surface area contributed by atoms with Crippen molar-refractivity contribution >= 4 is 12.2 Å². The van der Waals surface area contributed by atoms with Crippen molar-refractivity contribution in [2.45, 2.75) is 12.8 Å². The molecule has 4 nitrogen and oxygen atoms in total. The van der Waals surface area contributed by atoms with Gasteiger partial charge < -0.3 is 5.11 Å². The summed E-state index contributed by atoms with van der Waals surface area (Å²) in [5, 5.41) is 13.9. The fourth-order valence-corrected chi connectivity index (χ4v) is 0.830. The third kappa shape index (κ3) is 1.93. The first-order valence-electron chi connectivity index (χ1n) is 3.07. The average molecular weight is 159 g/mol. The molecule has 0 atom stereocenters. The van der Waals surface area contributed by atoms with Gasteiger partial charge in [0.15, 0.2) is 0 Å². The van der Waals surface area contributed by atoms with Crippen LogP contribution in [0.4, 0.5) is 0 Å². The average Bonchev–Trinajstić information content (AvgIpc) is 2.31. The van der Waals surface area contributed by atoms with E-state index in [2.05, 4.69) is 15.2 Å². The highest BCUT2D eigenvalue weighted by molar-refractivity contribution is 7.71. The van der Waals surface area contributed by atoms with Gasteiger partial charge in [-0.15, -0.1) is 0 Å². The van der Waals surface area contributed by atoms with E-state index >= 15 is 0 Å². The summed E-state index contributed by atoms with van der Waals surface area (Å²) in [5.41, 5.74) is 0. The number of hydrogen-bond acceptors (Lipinski definition) is 3. The van der Waals surface area contributed by atoms with Gasteiger partial charge in [0, 0.05) is 13.0 Å². The maximum atomic E-state index is 8.46. The largest absolute Gasteiger partial charge is 0.396 e. The third-order valence-electron chi connectivity index (χ3n) is 1.12. The number of hydrogen-bond donors (Lipinski definition) is 3. The molecule has 0 aliphatic carbocycles. The summed E-state index contributed by atoms with van der Waals surface area (Å²) in [7, 11) is 0. The van der Waals surface area contributed by atoms with Crippen LogP contribution in [0, 0.1) is 4.77 Å². The van der Waals surface area contributed by atoms with Crippen molar-refractivity contribution in [1.82, 2.24) is 15.2 Å². The first-order chi connectivity index (χ1) is 4.83. The molecule has 10 heavy (non-hydrogen) atoms. The molecular weight excluding hydrogens is 150 g/mol. The number of aromatic amines is 2. The van der Waals surface area contributed by atoms with Crippen LogP contribution in [0.3, 0.4) is 0 Å². The maximum Gasteiger partial charge on any atom is 0.213 e. The highest BCUT2D eigenvalue weighted by Gasteiger charge is 1.93. The van der Waals surface area contributed by atoms with Crippen LogP contribution in [-0.2, 0) is 6.42 Å². The second-order valence-electron chi connectivity index (χ2n) is 1.94. The van der Waals surface area contributed by atoms with E-state index in [-0.39, 0.29) is 6.61 Å². The third-order valence-corrected chi connectivity index (χ3v) is 1.32. The summed E-state index contributed by atoms with van der Waals surface area (Å²) in [6.45, 7) is 0.188. The Morgan fingerprint density at radius 1 is 1.50 bits per heavy atom. The number of rotatable bonds is 3. The predicted molar refractivity (Wildman–Crippen MR) is 39.2 cm³/mol. The van der Waals surface area contributed by atoms with Crippen LogP contribution >= 0.6 is 12.2 Å². The summed E-state index contributed by atoms with van der Waals surface area (Å²) in [4.78, 5) is 3.94. The van der Waals surface area contributed by atoms with Crippen LogP contribution in [0.1, 0.15) is 12.2 Å². The molecule has 0 aliphatic heterocycles. The van der Waals surface area contributed by atoms with E-state index < -0.39 is 0 Å². The second kappa shape index (κ2) is 3.48. The zero-order chi connectivity index (χ0) is 7.40. The highest BCUT2D eigenvalue weighted by atomic mass is 32.1. The molecule has 0 fully saturated rings. The van der Waals surface area contributed by atoms with Crippen LogP contribution in [0.5, 0.6) is 0 Å². The van der Waals surface area contributed by atoms with Gasteiger partial charge in [0.25, 0.3) is 0 Å². The van der Waals surface area contributed by atoms with E-state index in [0.717, 1.165) is 18.7 Å². The predicted octanol–water partition coefficient (Wildman–Crippen LogP) is 0.392. The van der Waals surface area contributed by atoms with E-state index in [1.807, 2.05) is 0 Å². The summed E-state index contributed by atoms with van der Waals surface area (Å²) >= 11 is 4.72. The molecule has 1 aromatic rings. The zero-order valence-corrected chi connectivity index (χ0v) is 6.24. The van der Waals surface area contributed by atoms with E-state index in [1.165, 1.54) is 0 Å². The molecule has 5 heteroatoms. The smallest absolute Gasteiger partial charge is 0.213 e. The zero-order valence-electron chi connectivity index (χ0n) is 5.42. The van der Waals surface area contributed by atoms with Crippen LogP contribution in [0.15, 0.2) is 0 Å². The van der Waals surface area contributed by atoms with Crippen molar-refractivity contribution in [3.05, 3.63) is 10.6 Å². The molecule has 0 amide bonds. The Morgan fingerprint density at radius 3 is 2.80 bits per heavy atom. The summed E-state index contributed by atoms with van der Waals surface area (Å²) in [6.07, 6.45) is 1.46. The van der Waals surface area contributed by atoms with Crippen molar-refractivity contribution in [2.75, 3.05) is 6.61 Å². The lowest BCUT2D eigenvalue weighted by atomic mass is 10.3.